The minimum absolute atomic E-state index is 0.127. The molecule has 6 rings (SSSR count). The number of methoxy groups -OCH3 is 1. The second-order valence-electron chi connectivity index (χ2n) is 10.8. The quantitative estimate of drug-likeness (QED) is 0.127. The Bertz CT molecular complexity index is 2220. The molecule has 7 nitrogen and oxygen atoms in total. The Hall–Kier alpha value is -5.57. The van der Waals surface area contributed by atoms with Gasteiger partial charge in [-0.15, -0.1) is 0 Å². The Morgan fingerprint density at radius 3 is 2.02 bits per heavy atom. The van der Waals surface area contributed by atoms with E-state index in [9.17, 15) is 22.6 Å². The third kappa shape index (κ3) is 6.30. The first kappa shape index (κ1) is 30.5. The second-order valence-corrected chi connectivity index (χ2v) is 12.2. The summed E-state index contributed by atoms with van der Waals surface area (Å²) in [5.74, 6) is 1.48. The maximum absolute atomic E-state index is 13.5. The summed E-state index contributed by atoms with van der Waals surface area (Å²) in [7, 11) is -2.84. The van der Waals surface area contributed by atoms with Crippen molar-refractivity contribution in [3.63, 3.8) is 0 Å². The molecular formula is C38H28O7S. The van der Waals surface area contributed by atoms with Gasteiger partial charge >= 0.3 is 0 Å². The standard InChI is InChI=1S/C38H28O7S/c1-24-9-19-33(35(21-24)38(40)29-6-3-7-32(23-29)46(41,42)43)25-10-12-26(13-11-25)37(39)27-14-16-30(17-15-27)45-36-8-4-5-28-22-31(44-2)18-20-34(28)36/h3-23H,1-2H3,(H,41,42,43). The average Bonchev–Trinajstić information content (AvgIpc) is 3.07. The van der Waals surface area contributed by atoms with Gasteiger partial charge in [-0.2, -0.15) is 8.42 Å². The number of carbonyl (C=O) groups is 2. The molecule has 0 radical (unpaired) electrons. The number of ketones is 2. The molecule has 0 atom stereocenters. The van der Waals surface area contributed by atoms with E-state index in [4.69, 9.17) is 9.47 Å². The normalized spacial score (nSPS) is 11.3. The van der Waals surface area contributed by atoms with Crippen molar-refractivity contribution in [3.05, 3.63) is 155 Å². The molecule has 1 N–H and O–H groups in total. The molecule has 0 unspecified atom stereocenters. The summed E-state index contributed by atoms with van der Waals surface area (Å²) < 4.78 is 44.2. The molecule has 0 aliphatic carbocycles. The van der Waals surface area contributed by atoms with E-state index in [-0.39, 0.29) is 16.2 Å². The first-order chi connectivity index (χ1) is 22.1. The number of hydrogen-bond acceptors (Lipinski definition) is 6. The van der Waals surface area contributed by atoms with Crippen LogP contribution in [-0.4, -0.2) is 31.6 Å². The molecule has 0 amide bonds. The molecular weight excluding hydrogens is 600 g/mol. The van der Waals surface area contributed by atoms with Gasteiger partial charge in [0.15, 0.2) is 11.6 Å². The van der Waals surface area contributed by atoms with E-state index in [2.05, 4.69) is 0 Å². The van der Waals surface area contributed by atoms with Gasteiger partial charge in [0.1, 0.15) is 17.2 Å². The van der Waals surface area contributed by atoms with Gasteiger partial charge in [0, 0.05) is 27.6 Å². The first-order valence-electron chi connectivity index (χ1n) is 14.3. The van der Waals surface area contributed by atoms with E-state index < -0.39 is 15.9 Å². The summed E-state index contributed by atoms with van der Waals surface area (Å²) in [5, 5.41) is 1.93. The lowest BCUT2D eigenvalue weighted by atomic mass is 9.91. The molecule has 6 aromatic carbocycles. The van der Waals surface area contributed by atoms with Gasteiger partial charge in [-0.3, -0.25) is 14.1 Å². The molecule has 6 aromatic rings. The number of carbonyl (C=O) groups excluding carboxylic acids is 2. The fraction of sp³-hybridized carbons (Fsp3) is 0.0526. The van der Waals surface area contributed by atoms with Crippen LogP contribution >= 0.6 is 0 Å². The van der Waals surface area contributed by atoms with E-state index in [1.165, 1.54) is 18.2 Å². The van der Waals surface area contributed by atoms with Gasteiger partial charge in [0.2, 0.25) is 0 Å². The summed E-state index contributed by atoms with van der Waals surface area (Å²) in [6, 6.07) is 36.2. The molecule has 0 heterocycles. The number of aryl methyl sites for hydroxylation is 1. The molecule has 46 heavy (non-hydrogen) atoms. The van der Waals surface area contributed by atoms with Crippen LogP contribution < -0.4 is 9.47 Å². The first-order valence-corrected chi connectivity index (χ1v) is 15.8. The lowest BCUT2D eigenvalue weighted by Crippen LogP contribution is -2.07. The zero-order valence-electron chi connectivity index (χ0n) is 24.9. The van der Waals surface area contributed by atoms with Crippen molar-refractivity contribution in [3.8, 4) is 28.4 Å². The Kier molecular flexibility index (Phi) is 8.23. The Labute approximate surface area is 266 Å². The van der Waals surface area contributed by atoms with E-state index in [1.807, 2.05) is 55.5 Å². The van der Waals surface area contributed by atoms with Crippen LogP contribution in [0.15, 0.2) is 132 Å². The van der Waals surface area contributed by atoms with Crippen LogP contribution in [0.4, 0.5) is 0 Å². The molecule has 0 saturated carbocycles. The van der Waals surface area contributed by atoms with E-state index in [0.29, 0.717) is 39.3 Å². The minimum atomic E-state index is -4.47. The van der Waals surface area contributed by atoms with Crippen molar-refractivity contribution in [2.45, 2.75) is 11.8 Å². The molecule has 0 aromatic heterocycles. The second kappa shape index (κ2) is 12.4. The van der Waals surface area contributed by atoms with Gasteiger partial charge in [-0.05, 0) is 90.2 Å². The third-order valence-corrected chi connectivity index (χ3v) is 8.51. The highest BCUT2D eigenvalue weighted by molar-refractivity contribution is 7.85. The van der Waals surface area contributed by atoms with E-state index in [1.54, 1.807) is 61.7 Å². The maximum Gasteiger partial charge on any atom is 0.294 e. The predicted octanol–water partition coefficient (Wildman–Crippen LogP) is 8.32. The largest absolute Gasteiger partial charge is 0.497 e. The number of hydrogen-bond donors (Lipinski definition) is 1. The smallest absolute Gasteiger partial charge is 0.294 e. The molecule has 0 fully saturated rings. The van der Waals surface area contributed by atoms with Gasteiger partial charge < -0.3 is 9.47 Å². The summed E-state index contributed by atoms with van der Waals surface area (Å²) in [6.07, 6.45) is 0. The molecule has 0 spiro atoms. The average molecular weight is 629 g/mol. The number of rotatable bonds is 9. The van der Waals surface area contributed by atoms with E-state index >= 15 is 0 Å². The van der Waals surface area contributed by atoms with Crippen molar-refractivity contribution in [1.29, 1.82) is 0 Å². The van der Waals surface area contributed by atoms with Crippen LogP contribution in [0.2, 0.25) is 0 Å². The van der Waals surface area contributed by atoms with Gasteiger partial charge in [0.05, 0.1) is 12.0 Å². The monoisotopic (exact) mass is 628 g/mol. The molecule has 0 bridgehead atoms. The van der Waals surface area contributed by atoms with Crippen molar-refractivity contribution < 1.29 is 32.0 Å². The number of benzene rings is 6. The zero-order valence-corrected chi connectivity index (χ0v) is 25.7. The summed E-state index contributed by atoms with van der Waals surface area (Å²) in [4.78, 5) is 26.5. The maximum atomic E-state index is 13.5. The molecule has 0 aliphatic rings. The summed E-state index contributed by atoms with van der Waals surface area (Å²) in [6.45, 7) is 1.85. The van der Waals surface area contributed by atoms with Crippen LogP contribution in [0.1, 0.15) is 37.4 Å². The van der Waals surface area contributed by atoms with Gasteiger partial charge in [0.25, 0.3) is 10.1 Å². The number of ether oxygens (including phenoxy) is 2. The number of fused-ring (bicyclic) bond motifs is 1. The van der Waals surface area contributed by atoms with Crippen molar-refractivity contribution in [2.24, 2.45) is 0 Å². The molecule has 0 aliphatic heterocycles. The lowest BCUT2D eigenvalue weighted by Gasteiger charge is -2.12. The summed E-state index contributed by atoms with van der Waals surface area (Å²) >= 11 is 0. The van der Waals surface area contributed by atoms with Crippen LogP contribution in [0.3, 0.4) is 0 Å². The molecule has 0 saturated heterocycles. The highest BCUT2D eigenvalue weighted by atomic mass is 32.2. The highest BCUT2D eigenvalue weighted by Crippen LogP contribution is 2.33. The van der Waals surface area contributed by atoms with E-state index in [0.717, 1.165) is 28.2 Å². The van der Waals surface area contributed by atoms with Crippen LogP contribution in [0, 0.1) is 6.92 Å². The minimum Gasteiger partial charge on any atom is -0.497 e. The Morgan fingerprint density at radius 1 is 0.652 bits per heavy atom. The Morgan fingerprint density at radius 2 is 1.33 bits per heavy atom. The SMILES string of the molecule is COc1ccc2c(Oc3ccc(C(=O)c4ccc(-c5ccc(C)cc5C(=O)c5cccc(S(=O)(=O)O)c5)cc4)cc3)cccc2c1. The van der Waals surface area contributed by atoms with Crippen molar-refractivity contribution in [2.75, 3.05) is 7.11 Å². The van der Waals surface area contributed by atoms with Crippen molar-refractivity contribution in [1.82, 2.24) is 0 Å². The van der Waals surface area contributed by atoms with Crippen LogP contribution in [-0.2, 0) is 10.1 Å². The lowest BCUT2D eigenvalue weighted by molar-refractivity contribution is 0.103. The van der Waals surface area contributed by atoms with Gasteiger partial charge in [-0.1, -0.05) is 66.2 Å². The fourth-order valence-electron chi connectivity index (χ4n) is 5.27. The van der Waals surface area contributed by atoms with Crippen LogP contribution in [0.5, 0.6) is 17.2 Å². The Balaban J connectivity index is 1.22. The molecule has 228 valence electrons. The predicted molar refractivity (Wildman–Crippen MR) is 177 cm³/mol. The third-order valence-electron chi connectivity index (χ3n) is 7.66. The zero-order chi connectivity index (χ0) is 32.4. The topological polar surface area (TPSA) is 107 Å². The fourth-order valence-corrected chi connectivity index (χ4v) is 5.79. The van der Waals surface area contributed by atoms with Gasteiger partial charge in [-0.25, -0.2) is 0 Å². The summed E-state index contributed by atoms with van der Waals surface area (Å²) in [5.41, 5.74) is 3.64. The van der Waals surface area contributed by atoms with Crippen molar-refractivity contribution >= 4 is 32.5 Å². The molecule has 8 heteroatoms. The highest BCUT2D eigenvalue weighted by Gasteiger charge is 2.19. The van der Waals surface area contributed by atoms with Crippen LogP contribution in [0.25, 0.3) is 21.9 Å².